The van der Waals surface area contributed by atoms with E-state index in [0.29, 0.717) is 45.2 Å². The van der Waals surface area contributed by atoms with Crippen molar-refractivity contribution in [2.45, 2.75) is 12.6 Å². The number of anilines is 3. The summed E-state index contributed by atoms with van der Waals surface area (Å²) in [5.74, 6) is 1.28. The van der Waals surface area contributed by atoms with Crippen molar-refractivity contribution in [1.29, 1.82) is 0 Å². The molecule has 33 heavy (non-hydrogen) atoms. The topological polar surface area (TPSA) is 56.4 Å². The third-order valence-electron chi connectivity index (χ3n) is 6.84. The summed E-state index contributed by atoms with van der Waals surface area (Å²) in [6.07, 6.45) is 0. The summed E-state index contributed by atoms with van der Waals surface area (Å²) in [6, 6.07) is 17.3. The number of para-hydroxylation sites is 1. The molecular weight excluding hydrogens is 479 g/mol. The van der Waals surface area contributed by atoms with E-state index in [-0.39, 0.29) is 6.03 Å². The normalized spacial score (nSPS) is 23.1. The molecule has 2 heterocycles. The van der Waals surface area contributed by atoms with E-state index in [4.69, 9.17) is 34.8 Å². The molecule has 0 bridgehead atoms. The predicted molar refractivity (Wildman–Crippen MR) is 135 cm³/mol. The summed E-state index contributed by atoms with van der Waals surface area (Å²) in [6.45, 7) is 2.45. The van der Waals surface area contributed by atoms with E-state index in [1.165, 1.54) is 0 Å². The van der Waals surface area contributed by atoms with Crippen LogP contribution >= 0.6 is 34.8 Å². The summed E-state index contributed by atoms with van der Waals surface area (Å²) in [5.41, 5.74) is 5.01. The third-order valence-corrected chi connectivity index (χ3v) is 7.78. The average molecular weight is 500 g/mol. The van der Waals surface area contributed by atoms with Crippen LogP contribution in [-0.2, 0) is 6.54 Å². The molecule has 3 aromatic carbocycles. The first kappa shape index (κ1) is 21.1. The number of hydrogen-bond acceptors (Lipinski definition) is 3. The van der Waals surface area contributed by atoms with Crippen molar-refractivity contribution < 1.29 is 4.79 Å². The van der Waals surface area contributed by atoms with E-state index in [9.17, 15) is 4.79 Å². The zero-order valence-electron chi connectivity index (χ0n) is 17.5. The van der Waals surface area contributed by atoms with Crippen molar-refractivity contribution in [3.8, 4) is 11.1 Å². The van der Waals surface area contributed by atoms with E-state index in [1.54, 1.807) is 23.1 Å². The maximum absolute atomic E-state index is 13.1. The Morgan fingerprint density at radius 3 is 2.30 bits per heavy atom. The van der Waals surface area contributed by atoms with Crippen LogP contribution in [0.1, 0.15) is 5.56 Å². The SMILES string of the molecule is O=C1NCc2c(-c3ccccc3Cl)cc(NC3[C@H]4CNC[C@@H]34)cc2N1c1c(Cl)cccc1Cl. The van der Waals surface area contributed by atoms with Gasteiger partial charge in [0.25, 0.3) is 0 Å². The molecule has 5 nitrogen and oxygen atoms in total. The average Bonchev–Trinajstić information content (AvgIpc) is 3.20. The molecule has 2 amide bonds. The van der Waals surface area contributed by atoms with Crippen LogP contribution in [0.4, 0.5) is 21.9 Å². The van der Waals surface area contributed by atoms with E-state index in [1.807, 2.05) is 30.3 Å². The number of hydrogen-bond donors (Lipinski definition) is 3. The van der Waals surface area contributed by atoms with Gasteiger partial charge in [-0.2, -0.15) is 0 Å². The second-order valence-corrected chi connectivity index (χ2v) is 9.94. The molecule has 3 N–H and O–H groups in total. The van der Waals surface area contributed by atoms with Crippen molar-refractivity contribution in [2.24, 2.45) is 11.8 Å². The van der Waals surface area contributed by atoms with Crippen LogP contribution in [0.3, 0.4) is 0 Å². The van der Waals surface area contributed by atoms with Gasteiger partial charge >= 0.3 is 6.03 Å². The maximum Gasteiger partial charge on any atom is 0.326 e. The highest BCUT2D eigenvalue weighted by molar-refractivity contribution is 6.40. The Kier molecular flexibility index (Phi) is 5.18. The Morgan fingerprint density at radius 1 is 0.879 bits per heavy atom. The van der Waals surface area contributed by atoms with Crippen LogP contribution in [-0.4, -0.2) is 25.2 Å². The number of nitrogens with zero attached hydrogens (tertiary/aromatic N) is 1. The minimum atomic E-state index is -0.271. The number of fused-ring (bicyclic) bond motifs is 2. The van der Waals surface area contributed by atoms with Crippen LogP contribution < -0.4 is 20.9 Å². The van der Waals surface area contributed by atoms with Gasteiger partial charge in [-0.3, -0.25) is 4.90 Å². The highest BCUT2D eigenvalue weighted by Crippen LogP contribution is 2.48. The van der Waals surface area contributed by atoms with E-state index >= 15 is 0 Å². The third kappa shape index (κ3) is 3.55. The van der Waals surface area contributed by atoms with Gasteiger partial charge in [0.15, 0.2) is 0 Å². The molecule has 1 saturated heterocycles. The lowest BCUT2D eigenvalue weighted by Crippen LogP contribution is -2.41. The molecule has 2 aliphatic heterocycles. The molecule has 0 spiro atoms. The van der Waals surface area contributed by atoms with E-state index in [0.717, 1.165) is 41.2 Å². The Balaban J connectivity index is 1.53. The number of urea groups is 1. The van der Waals surface area contributed by atoms with Crippen molar-refractivity contribution in [3.63, 3.8) is 0 Å². The molecule has 0 aromatic heterocycles. The second-order valence-electron chi connectivity index (χ2n) is 8.72. The number of halogens is 3. The van der Waals surface area contributed by atoms with E-state index in [2.05, 4.69) is 22.0 Å². The Labute approximate surface area is 207 Å². The molecular formula is C25H21Cl3N4O. The van der Waals surface area contributed by atoms with Gasteiger partial charge in [0, 0.05) is 47.5 Å². The molecule has 6 rings (SSSR count). The first-order valence-electron chi connectivity index (χ1n) is 10.9. The van der Waals surface area contributed by atoms with Crippen LogP contribution in [0.25, 0.3) is 11.1 Å². The van der Waals surface area contributed by atoms with Gasteiger partial charge in [-0.1, -0.05) is 59.1 Å². The Morgan fingerprint density at radius 2 is 1.58 bits per heavy atom. The zero-order chi connectivity index (χ0) is 22.7. The summed E-state index contributed by atoms with van der Waals surface area (Å²) in [5, 5.41) is 11.6. The van der Waals surface area contributed by atoms with Crippen LogP contribution in [0.5, 0.6) is 0 Å². The summed E-state index contributed by atoms with van der Waals surface area (Å²) in [7, 11) is 0. The minimum absolute atomic E-state index is 0.271. The lowest BCUT2D eigenvalue weighted by atomic mass is 9.95. The fraction of sp³-hybridized carbons (Fsp3) is 0.240. The number of nitrogens with one attached hydrogen (secondary N) is 3. The fourth-order valence-electron chi connectivity index (χ4n) is 5.15. The van der Waals surface area contributed by atoms with Gasteiger partial charge in [0.2, 0.25) is 0 Å². The van der Waals surface area contributed by atoms with Gasteiger partial charge in [-0.15, -0.1) is 0 Å². The molecule has 1 aliphatic carbocycles. The van der Waals surface area contributed by atoms with Crippen molar-refractivity contribution in [1.82, 2.24) is 10.6 Å². The maximum atomic E-state index is 13.1. The van der Waals surface area contributed by atoms with Crippen LogP contribution in [0, 0.1) is 11.8 Å². The van der Waals surface area contributed by atoms with Crippen molar-refractivity contribution in [2.75, 3.05) is 23.3 Å². The lowest BCUT2D eigenvalue weighted by molar-refractivity contribution is 0.247. The molecule has 2 fully saturated rings. The quantitative estimate of drug-likeness (QED) is 0.394. The van der Waals surface area contributed by atoms with Gasteiger partial charge in [-0.05, 0) is 47.7 Å². The van der Waals surface area contributed by atoms with Gasteiger partial charge in [0.05, 0.1) is 21.4 Å². The predicted octanol–water partition coefficient (Wildman–Crippen LogP) is 6.30. The highest BCUT2D eigenvalue weighted by atomic mass is 35.5. The summed E-state index contributed by atoms with van der Waals surface area (Å²) < 4.78 is 0. The van der Waals surface area contributed by atoms with Crippen molar-refractivity contribution >= 4 is 57.9 Å². The van der Waals surface area contributed by atoms with Gasteiger partial charge in [0.1, 0.15) is 0 Å². The number of carbonyl (C=O) groups is 1. The first-order valence-corrected chi connectivity index (χ1v) is 12.1. The first-order chi connectivity index (χ1) is 16.0. The minimum Gasteiger partial charge on any atom is -0.382 e. The second kappa shape index (κ2) is 8.10. The monoisotopic (exact) mass is 498 g/mol. The summed E-state index contributed by atoms with van der Waals surface area (Å²) in [4.78, 5) is 14.7. The van der Waals surface area contributed by atoms with E-state index < -0.39 is 0 Å². The summed E-state index contributed by atoms with van der Waals surface area (Å²) >= 11 is 19.7. The number of rotatable bonds is 4. The molecule has 168 valence electrons. The Bertz CT molecular complexity index is 1250. The lowest BCUT2D eigenvalue weighted by Gasteiger charge is -2.33. The number of amides is 2. The molecule has 3 atom stereocenters. The zero-order valence-corrected chi connectivity index (χ0v) is 19.8. The molecule has 1 unspecified atom stereocenters. The molecule has 3 aromatic rings. The Hall–Kier alpha value is -2.44. The van der Waals surface area contributed by atoms with Crippen LogP contribution in [0.2, 0.25) is 15.1 Å². The molecule has 8 heteroatoms. The standard InChI is InChI=1S/C25H21Cl3N4O/c26-19-5-2-1-4-14(19)15-8-13(31-23-17-10-29-11-18(17)23)9-22-16(15)12-30-25(33)32(22)24-20(27)6-3-7-21(24)28/h1-9,17-18,23,29,31H,10-12H2,(H,30,33)/t17-,18+,23?. The van der Waals surface area contributed by atoms with Crippen molar-refractivity contribution in [3.05, 3.63) is 75.2 Å². The molecule has 3 aliphatic rings. The molecule has 0 radical (unpaired) electrons. The molecule has 1 saturated carbocycles. The smallest absolute Gasteiger partial charge is 0.326 e. The highest BCUT2D eigenvalue weighted by Gasteiger charge is 2.53. The van der Waals surface area contributed by atoms with Gasteiger partial charge in [-0.25, -0.2) is 4.79 Å². The number of piperidine rings is 1. The number of carbonyl (C=O) groups excluding carboxylic acids is 1. The van der Waals surface area contributed by atoms with Gasteiger partial charge < -0.3 is 16.0 Å². The van der Waals surface area contributed by atoms with Crippen LogP contribution in [0.15, 0.2) is 54.6 Å². The number of benzene rings is 3. The fourth-order valence-corrected chi connectivity index (χ4v) is 5.95. The largest absolute Gasteiger partial charge is 0.382 e.